The number of rotatable bonds is 8. The van der Waals surface area contributed by atoms with Crippen molar-refractivity contribution in [2.75, 3.05) is 13.1 Å². The zero-order valence-electron chi connectivity index (χ0n) is 18.0. The molecular formula is C23H27N5O3S. The smallest absolute Gasteiger partial charge is 0.243 e. The first kappa shape index (κ1) is 22.2. The molecule has 2 aromatic carbocycles. The second kappa shape index (κ2) is 9.62. The molecule has 1 aliphatic rings. The summed E-state index contributed by atoms with van der Waals surface area (Å²) in [5.74, 6) is -0.0494. The van der Waals surface area contributed by atoms with Crippen LogP contribution in [0.4, 0.5) is 0 Å². The van der Waals surface area contributed by atoms with Crippen LogP contribution in [0, 0.1) is 0 Å². The number of nitrogens with one attached hydrogen (secondary N) is 1. The van der Waals surface area contributed by atoms with Crippen LogP contribution in [0.25, 0.3) is 5.69 Å². The molecule has 3 aromatic rings. The monoisotopic (exact) mass is 453 g/mol. The lowest BCUT2D eigenvalue weighted by Crippen LogP contribution is -2.28. The van der Waals surface area contributed by atoms with E-state index in [0.29, 0.717) is 30.8 Å². The van der Waals surface area contributed by atoms with E-state index in [4.69, 9.17) is 0 Å². The molecule has 1 aliphatic heterocycles. The summed E-state index contributed by atoms with van der Waals surface area (Å²) in [6.07, 6.45) is 5.83. The minimum atomic E-state index is -3.41. The molecule has 0 unspecified atom stereocenters. The highest BCUT2D eigenvalue weighted by Crippen LogP contribution is 2.21. The Labute approximate surface area is 188 Å². The van der Waals surface area contributed by atoms with Crippen LogP contribution in [-0.4, -0.2) is 46.5 Å². The van der Waals surface area contributed by atoms with E-state index < -0.39 is 10.0 Å². The fourth-order valence-corrected chi connectivity index (χ4v) is 5.33. The van der Waals surface area contributed by atoms with Crippen molar-refractivity contribution in [3.8, 4) is 5.69 Å². The quantitative estimate of drug-likeness (QED) is 0.566. The average molecular weight is 454 g/mol. The van der Waals surface area contributed by atoms with E-state index in [2.05, 4.69) is 15.4 Å². The van der Waals surface area contributed by atoms with Gasteiger partial charge in [-0.2, -0.15) is 9.40 Å². The van der Waals surface area contributed by atoms with Crippen LogP contribution in [0.5, 0.6) is 0 Å². The van der Waals surface area contributed by atoms with Gasteiger partial charge in [0.2, 0.25) is 15.9 Å². The Balaban J connectivity index is 1.29. The molecular weight excluding hydrogens is 426 g/mol. The first-order chi connectivity index (χ1) is 15.4. The molecule has 1 N–H and O–H groups in total. The van der Waals surface area contributed by atoms with Gasteiger partial charge in [-0.3, -0.25) is 4.79 Å². The molecule has 1 amide bonds. The lowest BCUT2D eigenvalue weighted by molar-refractivity contribution is -0.121. The minimum absolute atomic E-state index is 0.0494. The predicted octanol–water partition coefficient (Wildman–Crippen LogP) is 2.86. The van der Waals surface area contributed by atoms with Crippen LogP contribution in [0.15, 0.2) is 66.1 Å². The SMILES string of the molecule is C[C@@H](NC(=O)CCc1ccc(S(=O)(=O)N2CCCC2)cc1)c1ccc(-n2cncn2)cc1. The number of hydrogen-bond acceptors (Lipinski definition) is 5. The molecule has 32 heavy (non-hydrogen) atoms. The zero-order chi connectivity index (χ0) is 22.6. The van der Waals surface area contributed by atoms with Crippen molar-refractivity contribution in [3.63, 3.8) is 0 Å². The molecule has 0 saturated carbocycles. The third-order valence-corrected chi connectivity index (χ3v) is 7.63. The van der Waals surface area contributed by atoms with Gasteiger partial charge in [-0.25, -0.2) is 18.1 Å². The summed E-state index contributed by atoms with van der Waals surface area (Å²) in [4.78, 5) is 16.7. The van der Waals surface area contributed by atoms with Crippen molar-refractivity contribution >= 4 is 15.9 Å². The van der Waals surface area contributed by atoms with Crippen molar-refractivity contribution in [2.24, 2.45) is 0 Å². The highest BCUT2D eigenvalue weighted by molar-refractivity contribution is 7.89. The zero-order valence-corrected chi connectivity index (χ0v) is 18.8. The van der Waals surface area contributed by atoms with Gasteiger partial charge in [-0.1, -0.05) is 24.3 Å². The first-order valence-electron chi connectivity index (χ1n) is 10.8. The Bertz CT molecular complexity index is 1140. The number of carbonyl (C=O) groups is 1. The van der Waals surface area contributed by atoms with Crippen LogP contribution in [-0.2, 0) is 21.2 Å². The molecule has 0 radical (unpaired) electrons. The highest BCUT2D eigenvalue weighted by Gasteiger charge is 2.26. The van der Waals surface area contributed by atoms with Crippen LogP contribution >= 0.6 is 0 Å². The second-order valence-electron chi connectivity index (χ2n) is 7.98. The minimum Gasteiger partial charge on any atom is -0.350 e. The number of benzene rings is 2. The van der Waals surface area contributed by atoms with Crippen molar-refractivity contribution in [1.29, 1.82) is 0 Å². The maximum atomic E-state index is 12.6. The maximum absolute atomic E-state index is 12.6. The Kier molecular flexibility index (Phi) is 6.66. The number of hydrogen-bond donors (Lipinski definition) is 1. The molecule has 1 fully saturated rings. The lowest BCUT2D eigenvalue weighted by atomic mass is 10.1. The molecule has 0 aliphatic carbocycles. The van der Waals surface area contributed by atoms with Crippen LogP contribution in [0.2, 0.25) is 0 Å². The van der Waals surface area contributed by atoms with Gasteiger partial charge in [0.15, 0.2) is 0 Å². The van der Waals surface area contributed by atoms with Crippen molar-refractivity contribution < 1.29 is 13.2 Å². The van der Waals surface area contributed by atoms with E-state index in [9.17, 15) is 13.2 Å². The van der Waals surface area contributed by atoms with E-state index in [-0.39, 0.29) is 11.9 Å². The lowest BCUT2D eigenvalue weighted by Gasteiger charge is -2.16. The highest BCUT2D eigenvalue weighted by atomic mass is 32.2. The Morgan fingerprint density at radius 3 is 2.38 bits per heavy atom. The van der Waals surface area contributed by atoms with Gasteiger partial charge in [0.05, 0.1) is 16.6 Å². The standard InChI is InChI=1S/C23H27N5O3S/c1-18(20-7-9-21(10-8-20)28-17-24-16-25-28)26-23(29)13-6-19-4-11-22(12-5-19)32(30,31)27-14-2-3-15-27/h4-5,7-12,16-18H,2-3,6,13-15H2,1H3,(H,26,29)/t18-/m1/s1. The number of amides is 1. The second-order valence-corrected chi connectivity index (χ2v) is 9.91. The van der Waals surface area contributed by atoms with Crippen molar-refractivity contribution in [3.05, 3.63) is 72.3 Å². The molecule has 168 valence electrons. The van der Waals surface area contributed by atoms with Gasteiger partial charge < -0.3 is 5.32 Å². The fourth-order valence-electron chi connectivity index (χ4n) is 3.82. The summed E-state index contributed by atoms with van der Waals surface area (Å²) >= 11 is 0. The molecule has 9 heteroatoms. The summed E-state index contributed by atoms with van der Waals surface area (Å²) in [6, 6.07) is 14.5. The van der Waals surface area contributed by atoms with Crippen molar-refractivity contribution in [1.82, 2.24) is 24.4 Å². The van der Waals surface area contributed by atoms with E-state index in [0.717, 1.165) is 29.7 Å². The summed E-state index contributed by atoms with van der Waals surface area (Å²) in [7, 11) is -3.41. The third-order valence-electron chi connectivity index (χ3n) is 5.72. The molecule has 1 aromatic heterocycles. The van der Waals surface area contributed by atoms with Crippen LogP contribution in [0.1, 0.15) is 43.4 Å². The summed E-state index contributed by atoms with van der Waals surface area (Å²) in [5, 5.41) is 7.12. The maximum Gasteiger partial charge on any atom is 0.243 e. The average Bonchev–Trinajstić information content (AvgIpc) is 3.53. The third kappa shape index (κ3) is 5.05. The molecule has 1 saturated heterocycles. The fraction of sp³-hybridized carbons (Fsp3) is 0.348. The number of aromatic nitrogens is 3. The molecule has 0 bridgehead atoms. The Morgan fingerprint density at radius 2 is 1.75 bits per heavy atom. The predicted molar refractivity (Wildman–Crippen MR) is 121 cm³/mol. The van der Waals surface area contributed by atoms with Gasteiger partial charge in [0, 0.05) is 19.5 Å². The van der Waals surface area contributed by atoms with Crippen molar-refractivity contribution in [2.45, 2.75) is 43.5 Å². The van der Waals surface area contributed by atoms with Gasteiger partial charge in [-0.15, -0.1) is 0 Å². The van der Waals surface area contributed by atoms with Gasteiger partial charge in [0.25, 0.3) is 0 Å². The number of sulfonamides is 1. The van der Waals surface area contributed by atoms with Gasteiger partial charge in [-0.05, 0) is 61.6 Å². The largest absolute Gasteiger partial charge is 0.350 e. The number of carbonyl (C=O) groups excluding carboxylic acids is 1. The van der Waals surface area contributed by atoms with E-state index in [1.807, 2.05) is 31.2 Å². The van der Waals surface area contributed by atoms with Gasteiger partial charge in [0.1, 0.15) is 12.7 Å². The first-order valence-corrected chi connectivity index (χ1v) is 12.2. The Morgan fingerprint density at radius 1 is 1.06 bits per heavy atom. The van der Waals surface area contributed by atoms with E-state index in [1.54, 1.807) is 35.3 Å². The molecule has 8 nitrogen and oxygen atoms in total. The number of aryl methyl sites for hydroxylation is 1. The van der Waals surface area contributed by atoms with E-state index in [1.165, 1.54) is 10.6 Å². The molecule has 1 atom stereocenters. The van der Waals surface area contributed by atoms with Crippen LogP contribution in [0.3, 0.4) is 0 Å². The van der Waals surface area contributed by atoms with Crippen LogP contribution < -0.4 is 5.32 Å². The normalized spacial score (nSPS) is 15.5. The Hall–Kier alpha value is -3.04. The topological polar surface area (TPSA) is 97.2 Å². The summed E-state index contributed by atoms with van der Waals surface area (Å²) in [6.45, 7) is 3.12. The molecule has 4 rings (SSSR count). The summed E-state index contributed by atoms with van der Waals surface area (Å²) in [5.41, 5.74) is 2.84. The molecule has 0 spiro atoms. The summed E-state index contributed by atoms with van der Waals surface area (Å²) < 4.78 is 28.4. The van der Waals surface area contributed by atoms with Gasteiger partial charge >= 0.3 is 0 Å². The number of nitrogens with zero attached hydrogens (tertiary/aromatic N) is 4. The molecule has 2 heterocycles. The van der Waals surface area contributed by atoms with E-state index >= 15 is 0 Å².